The van der Waals surface area contributed by atoms with E-state index >= 15 is 4.39 Å². The van der Waals surface area contributed by atoms with Crippen LogP contribution in [0.3, 0.4) is 0 Å². The van der Waals surface area contributed by atoms with E-state index in [9.17, 15) is 9.59 Å². The molecule has 2 bridgehead atoms. The lowest BCUT2D eigenvalue weighted by molar-refractivity contribution is -0.126. The molecule has 220 valence electrons. The second-order valence-electron chi connectivity index (χ2n) is 11.5. The molecule has 0 unspecified atom stereocenters. The van der Waals surface area contributed by atoms with Crippen LogP contribution >= 0.6 is 23.4 Å². The average Bonchev–Trinajstić information content (AvgIpc) is 3.79. The number of aromatic nitrogens is 4. The topological polar surface area (TPSA) is 84.2 Å². The Morgan fingerprint density at radius 3 is 2.84 bits per heavy atom. The highest BCUT2D eigenvalue weighted by molar-refractivity contribution is 7.99. The first-order valence-corrected chi connectivity index (χ1v) is 15.9. The van der Waals surface area contributed by atoms with Crippen LogP contribution in [0.2, 0.25) is 5.02 Å². The Morgan fingerprint density at radius 2 is 2.05 bits per heavy atom. The first kappa shape index (κ1) is 28.0. The number of piperazine rings is 1. The number of carbonyl (C=O) groups excluding carboxylic acids is 1. The van der Waals surface area contributed by atoms with Crippen LogP contribution in [0.4, 0.5) is 10.2 Å². The zero-order valence-corrected chi connectivity index (χ0v) is 25.5. The molecule has 1 saturated heterocycles. The second-order valence-corrected chi connectivity index (χ2v) is 13.0. The molecule has 1 aliphatic carbocycles. The number of hydrogen-bond acceptors (Lipinski definition) is 7. The number of benzene rings is 1. The molecule has 11 heteroatoms. The highest BCUT2D eigenvalue weighted by Gasteiger charge is 2.51. The summed E-state index contributed by atoms with van der Waals surface area (Å²) in [7, 11) is 0. The third-order valence-corrected chi connectivity index (χ3v) is 9.93. The first-order valence-electron chi connectivity index (χ1n) is 14.5. The summed E-state index contributed by atoms with van der Waals surface area (Å²) in [5.74, 6) is 0.741. The van der Waals surface area contributed by atoms with E-state index in [0.29, 0.717) is 53.3 Å². The Labute approximate surface area is 257 Å². The van der Waals surface area contributed by atoms with Crippen molar-refractivity contribution in [2.75, 3.05) is 23.7 Å². The Bertz CT molecular complexity index is 1880. The Balaban J connectivity index is 1.53. The summed E-state index contributed by atoms with van der Waals surface area (Å²) in [6.45, 7) is 8.69. The van der Waals surface area contributed by atoms with Crippen LogP contribution in [0.5, 0.6) is 0 Å². The van der Waals surface area contributed by atoms with Gasteiger partial charge in [0.15, 0.2) is 5.65 Å². The van der Waals surface area contributed by atoms with Crippen LogP contribution in [0.15, 0.2) is 58.9 Å². The monoisotopic (exact) mass is 616 g/mol. The van der Waals surface area contributed by atoms with E-state index in [1.54, 1.807) is 30.1 Å². The summed E-state index contributed by atoms with van der Waals surface area (Å²) < 4.78 is 17.1. The quantitative estimate of drug-likeness (QED) is 0.270. The van der Waals surface area contributed by atoms with Gasteiger partial charge in [-0.15, -0.1) is 11.8 Å². The lowest BCUT2D eigenvalue weighted by Crippen LogP contribution is -2.49. The molecular formula is C32H30ClFN6O2S. The highest BCUT2D eigenvalue weighted by Crippen LogP contribution is 2.43. The fourth-order valence-electron chi connectivity index (χ4n) is 6.44. The summed E-state index contributed by atoms with van der Waals surface area (Å²) >= 11 is 8.59. The molecular weight excluding hydrogens is 587 g/mol. The van der Waals surface area contributed by atoms with Crippen molar-refractivity contribution in [3.8, 4) is 16.9 Å². The Morgan fingerprint density at radius 1 is 1.21 bits per heavy atom. The van der Waals surface area contributed by atoms with Gasteiger partial charge in [0.25, 0.3) is 0 Å². The smallest absolute Gasteiger partial charge is 0.349 e. The Hall–Kier alpha value is -3.76. The van der Waals surface area contributed by atoms with Crippen LogP contribution in [0, 0.1) is 5.82 Å². The van der Waals surface area contributed by atoms with Crippen LogP contribution in [0.1, 0.15) is 43.9 Å². The number of halogens is 2. The van der Waals surface area contributed by atoms with Gasteiger partial charge in [0.1, 0.15) is 11.6 Å². The summed E-state index contributed by atoms with van der Waals surface area (Å²) in [4.78, 5) is 45.8. The summed E-state index contributed by atoms with van der Waals surface area (Å²) in [6.07, 6.45) is 5.33. The fraction of sp³-hybridized carbons (Fsp3) is 0.344. The van der Waals surface area contributed by atoms with Gasteiger partial charge in [0.2, 0.25) is 5.91 Å². The molecule has 1 amide bonds. The number of rotatable bonds is 3. The number of hydrogen-bond donors (Lipinski definition) is 0. The molecule has 2 atom stereocenters. The average molecular weight is 617 g/mol. The lowest BCUT2D eigenvalue weighted by atomic mass is 9.99. The van der Waals surface area contributed by atoms with Crippen molar-refractivity contribution in [3.05, 3.63) is 81.8 Å². The predicted octanol–water partition coefficient (Wildman–Crippen LogP) is 5.77. The highest BCUT2D eigenvalue weighted by atomic mass is 35.5. The van der Waals surface area contributed by atoms with E-state index in [-0.39, 0.29) is 28.9 Å². The molecule has 3 aliphatic rings. The maximum Gasteiger partial charge on any atom is 0.355 e. The van der Waals surface area contributed by atoms with Gasteiger partial charge in [0.05, 0.1) is 39.6 Å². The minimum absolute atomic E-state index is 0.0118. The standard InChI is InChI=1S/C32H30ClFN6O2S/c1-4-25(41)38-12-13-39(23-16-22(23)38)30-19-15-20(33)28-26-18(7-5-9-21(26)34)8-6-14-43-24-10-11-35-27(17(2)3)29(24)40(31(19)36-28)32(42)37-30/h4-5,7,9-11,15,17,22-23H,1,6,8,12-14,16H2,2-3H3/t22-,23+/m1/s1. The number of carbonyl (C=O) groups is 1. The van der Waals surface area contributed by atoms with E-state index in [4.69, 9.17) is 16.6 Å². The molecule has 3 aromatic heterocycles. The lowest BCUT2D eigenvalue weighted by Gasteiger charge is -2.35. The number of fused-ring (bicyclic) bond motifs is 6. The summed E-state index contributed by atoms with van der Waals surface area (Å²) in [5.41, 5.74) is 2.73. The van der Waals surface area contributed by atoms with Crippen molar-refractivity contribution in [1.29, 1.82) is 0 Å². The largest absolute Gasteiger partial charge is 0.355 e. The SMILES string of the molecule is C=CC(=O)N1CCN(c2nc(=O)n3c4nc(c(Cl)cc24)-c2c(F)cccc2CCCSc2ccnc(C(C)C)c2-3)[C@H]2C[C@H]21. The van der Waals surface area contributed by atoms with Gasteiger partial charge in [0, 0.05) is 29.7 Å². The van der Waals surface area contributed by atoms with Crippen LogP contribution in [-0.4, -0.2) is 61.3 Å². The van der Waals surface area contributed by atoms with Crippen LogP contribution in [-0.2, 0) is 11.2 Å². The number of thioether (sulfide) groups is 1. The van der Waals surface area contributed by atoms with E-state index in [1.165, 1.54) is 16.7 Å². The molecule has 8 nitrogen and oxygen atoms in total. The minimum Gasteiger partial charge on any atom is -0.349 e. The second kappa shape index (κ2) is 10.7. The van der Waals surface area contributed by atoms with Gasteiger partial charge in [-0.2, -0.15) is 4.98 Å². The number of pyridine rings is 2. The minimum atomic E-state index is -0.493. The predicted molar refractivity (Wildman–Crippen MR) is 168 cm³/mol. The number of aryl methyl sites for hydroxylation is 1. The molecule has 5 heterocycles. The maximum absolute atomic E-state index is 15.5. The van der Waals surface area contributed by atoms with E-state index in [1.807, 2.05) is 30.9 Å². The van der Waals surface area contributed by atoms with Gasteiger partial charge < -0.3 is 9.80 Å². The summed E-state index contributed by atoms with van der Waals surface area (Å²) in [6, 6.07) is 8.76. The number of amides is 1. The van der Waals surface area contributed by atoms with Gasteiger partial charge in [-0.05, 0) is 60.8 Å². The maximum atomic E-state index is 15.5. The molecule has 43 heavy (non-hydrogen) atoms. The third kappa shape index (κ3) is 4.62. The van der Waals surface area contributed by atoms with Crippen molar-refractivity contribution in [3.63, 3.8) is 0 Å². The van der Waals surface area contributed by atoms with E-state index in [2.05, 4.69) is 21.4 Å². The third-order valence-electron chi connectivity index (χ3n) is 8.51. The van der Waals surface area contributed by atoms with Gasteiger partial charge in [-0.3, -0.25) is 9.78 Å². The van der Waals surface area contributed by atoms with Crippen molar-refractivity contribution < 1.29 is 9.18 Å². The molecule has 0 spiro atoms. The molecule has 0 N–H and O–H groups in total. The fourth-order valence-corrected chi connectivity index (χ4v) is 7.69. The molecule has 2 fully saturated rings. The van der Waals surface area contributed by atoms with Gasteiger partial charge >= 0.3 is 5.69 Å². The normalized spacial score (nSPS) is 19.4. The summed E-state index contributed by atoms with van der Waals surface area (Å²) in [5, 5.41) is 0.869. The van der Waals surface area contributed by atoms with Crippen molar-refractivity contribution in [1.82, 2.24) is 24.4 Å². The zero-order valence-electron chi connectivity index (χ0n) is 23.9. The molecule has 1 saturated carbocycles. The first-order chi connectivity index (χ1) is 20.8. The number of nitrogens with zero attached hydrogens (tertiary/aromatic N) is 6. The van der Waals surface area contributed by atoms with Crippen molar-refractivity contribution in [2.45, 2.75) is 56.0 Å². The van der Waals surface area contributed by atoms with Gasteiger partial charge in [-0.25, -0.2) is 18.7 Å². The van der Waals surface area contributed by atoms with E-state index < -0.39 is 11.5 Å². The van der Waals surface area contributed by atoms with Crippen molar-refractivity contribution in [2.24, 2.45) is 0 Å². The Kier molecular flexibility index (Phi) is 7.01. The molecule has 7 rings (SSSR count). The van der Waals surface area contributed by atoms with Crippen molar-refractivity contribution >= 4 is 46.1 Å². The van der Waals surface area contributed by atoms with Crippen LogP contribution in [0.25, 0.3) is 28.0 Å². The molecule has 4 aromatic rings. The van der Waals surface area contributed by atoms with Gasteiger partial charge in [-0.1, -0.05) is 44.2 Å². The molecule has 0 radical (unpaired) electrons. The van der Waals surface area contributed by atoms with E-state index in [0.717, 1.165) is 34.7 Å². The zero-order chi connectivity index (χ0) is 30.0. The van der Waals surface area contributed by atoms with Crippen LogP contribution < -0.4 is 10.6 Å². The molecule has 1 aromatic carbocycles. The number of anilines is 1. The molecule has 2 aliphatic heterocycles.